The van der Waals surface area contributed by atoms with Crippen molar-refractivity contribution in [3.8, 4) is 0 Å². The van der Waals surface area contributed by atoms with Crippen LogP contribution in [0.1, 0.15) is 50.2 Å². The number of aryl methyl sites for hydroxylation is 1. The first-order valence-corrected chi connectivity index (χ1v) is 14.2. The van der Waals surface area contributed by atoms with Crippen LogP contribution in [-0.2, 0) is 26.2 Å². The second-order valence-corrected chi connectivity index (χ2v) is 11.4. The smallest absolute Gasteiger partial charge is 0.271 e. The SMILES string of the molecule is CC[C@H](C(=O)NC1CCCC1)N(Cc1ccc(C)cc1)C(=O)CN(c1cccc([N+](=O)[O-])c1)S(C)(=O)=O. The van der Waals surface area contributed by atoms with Crippen molar-refractivity contribution in [3.63, 3.8) is 0 Å². The third-order valence-corrected chi connectivity index (χ3v) is 7.71. The van der Waals surface area contributed by atoms with E-state index in [0.717, 1.165) is 53.4 Å². The van der Waals surface area contributed by atoms with Gasteiger partial charge in [0.2, 0.25) is 21.8 Å². The molecule has 3 rings (SSSR count). The Labute approximate surface area is 217 Å². The predicted molar refractivity (Wildman–Crippen MR) is 141 cm³/mol. The fourth-order valence-corrected chi connectivity index (χ4v) is 5.39. The number of hydrogen-bond acceptors (Lipinski definition) is 6. The summed E-state index contributed by atoms with van der Waals surface area (Å²) in [6.07, 6.45) is 5.14. The van der Waals surface area contributed by atoms with Gasteiger partial charge in [0.15, 0.2) is 0 Å². The van der Waals surface area contributed by atoms with Crippen LogP contribution in [0, 0.1) is 17.0 Å². The van der Waals surface area contributed by atoms with E-state index < -0.39 is 33.4 Å². The quantitative estimate of drug-likeness (QED) is 0.349. The highest BCUT2D eigenvalue weighted by atomic mass is 32.2. The molecule has 0 spiro atoms. The molecule has 2 amide bonds. The van der Waals surface area contributed by atoms with E-state index in [9.17, 15) is 28.1 Å². The minimum absolute atomic E-state index is 0.00351. The molecule has 0 bridgehead atoms. The van der Waals surface area contributed by atoms with Gasteiger partial charge < -0.3 is 10.2 Å². The number of nitrogens with zero attached hydrogens (tertiary/aromatic N) is 3. The zero-order valence-electron chi connectivity index (χ0n) is 21.4. The molecular weight excluding hydrogens is 496 g/mol. The summed E-state index contributed by atoms with van der Waals surface area (Å²) in [5.74, 6) is -0.845. The first kappa shape index (κ1) is 28.1. The van der Waals surface area contributed by atoms with E-state index in [2.05, 4.69) is 5.32 Å². The molecule has 200 valence electrons. The molecule has 10 nitrogen and oxygen atoms in total. The second-order valence-electron chi connectivity index (χ2n) is 9.47. The summed E-state index contributed by atoms with van der Waals surface area (Å²) in [7, 11) is -3.98. The molecule has 0 radical (unpaired) electrons. The maximum Gasteiger partial charge on any atom is 0.271 e. The molecule has 0 aromatic heterocycles. The van der Waals surface area contributed by atoms with E-state index in [1.165, 1.54) is 23.1 Å². The van der Waals surface area contributed by atoms with Gasteiger partial charge in [-0.1, -0.05) is 55.7 Å². The number of rotatable bonds is 11. The number of amides is 2. The first-order chi connectivity index (χ1) is 17.5. The zero-order chi connectivity index (χ0) is 27.2. The van der Waals surface area contributed by atoms with Crippen molar-refractivity contribution in [2.75, 3.05) is 17.1 Å². The Kier molecular flexibility index (Phi) is 9.25. The van der Waals surface area contributed by atoms with Gasteiger partial charge in [-0.25, -0.2) is 8.42 Å². The van der Waals surface area contributed by atoms with Gasteiger partial charge >= 0.3 is 0 Å². The monoisotopic (exact) mass is 530 g/mol. The van der Waals surface area contributed by atoms with E-state index >= 15 is 0 Å². The lowest BCUT2D eigenvalue weighted by Gasteiger charge is -2.33. The number of nitrogens with one attached hydrogen (secondary N) is 1. The first-order valence-electron chi connectivity index (χ1n) is 12.4. The summed E-state index contributed by atoms with van der Waals surface area (Å²) in [5, 5.41) is 14.3. The van der Waals surface area contributed by atoms with Gasteiger partial charge in [-0.05, 0) is 37.8 Å². The van der Waals surface area contributed by atoms with E-state index in [-0.39, 0.29) is 29.9 Å². The fraction of sp³-hybridized carbons (Fsp3) is 0.462. The summed E-state index contributed by atoms with van der Waals surface area (Å²) in [6, 6.07) is 11.9. The predicted octanol–water partition coefficient (Wildman–Crippen LogP) is 3.54. The third kappa shape index (κ3) is 7.51. The number of nitro groups is 1. The van der Waals surface area contributed by atoms with Crippen LogP contribution in [0.2, 0.25) is 0 Å². The lowest BCUT2D eigenvalue weighted by molar-refractivity contribution is -0.384. The number of non-ortho nitro benzene ring substituents is 1. The van der Waals surface area contributed by atoms with Crippen molar-refractivity contribution in [1.82, 2.24) is 10.2 Å². The highest BCUT2D eigenvalue weighted by molar-refractivity contribution is 7.92. The van der Waals surface area contributed by atoms with Crippen LogP contribution in [0.25, 0.3) is 0 Å². The molecule has 0 unspecified atom stereocenters. The third-order valence-electron chi connectivity index (χ3n) is 6.57. The Bertz CT molecular complexity index is 1230. The fourth-order valence-electron chi connectivity index (χ4n) is 4.55. The number of nitro benzene ring substituents is 1. The Morgan fingerprint density at radius 3 is 2.35 bits per heavy atom. The van der Waals surface area contributed by atoms with E-state index in [4.69, 9.17) is 0 Å². The van der Waals surface area contributed by atoms with Crippen LogP contribution in [0.3, 0.4) is 0 Å². The average molecular weight is 531 g/mol. The molecular formula is C26H34N4O6S. The maximum absolute atomic E-state index is 13.7. The van der Waals surface area contributed by atoms with Gasteiger partial charge in [0.1, 0.15) is 12.6 Å². The molecule has 0 heterocycles. The van der Waals surface area contributed by atoms with Gasteiger partial charge in [0, 0.05) is 24.7 Å². The Morgan fingerprint density at radius 1 is 1.14 bits per heavy atom. The molecule has 1 saturated carbocycles. The van der Waals surface area contributed by atoms with Crippen molar-refractivity contribution in [1.29, 1.82) is 0 Å². The summed E-state index contributed by atoms with van der Waals surface area (Å²) < 4.78 is 26.2. The van der Waals surface area contributed by atoms with E-state index in [0.29, 0.717) is 6.42 Å². The normalized spacial score (nSPS) is 14.7. The van der Waals surface area contributed by atoms with Crippen LogP contribution >= 0.6 is 0 Å². The minimum atomic E-state index is -3.98. The van der Waals surface area contributed by atoms with Crippen molar-refractivity contribution < 1.29 is 22.9 Å². The van der Waals surface area contributed by atoms with Gasteiger partial charge in [0.05, 0.1) is 16.9 Å². The summed E-state index contributed by atoms with van der Waals surface area (Å²) in [6.45, 7) is 3.27. The molecule has 1 aliphatic carbocycles. The highest BCUT2D eigenvalue weighted by Gasteiger charge is 2.33. The molecule has 37 heavy (non-hydrogen) atoms. The molecule has 2 aromatic rings. The number of anilines is 1. The van der Waals surface area contributed by atoms with Gasteiger partial charge in [-0.2, -0.15) is 0 Å². The van der Waals surface area contributed by atoms with Crippen molar-refractivity contribution in [2.45, 2.75) is 64.6 Å². The van der Waals surface area contributed by atoms with Crippen LogP contribution in [-0.4, -0.2) is 54.9 Å². The molecule has 0 saturated heterocycles. The maximum atomic E-state index is 13.7. The second kappa shape index (κ2) is 12.2. The lowest BCUT2D eigenvalue weighted by Crippen LogP contribution is -2.53. The largest absolute Gasteiger partial charge is 0.352 e. The van der Waals surface area contributed by atoms with E-state index in [1.807, 2.05) is 38.1 Å². The minimum Gasteiger partial charge on any atom is -0.352 e. The standard InChI is InChI=1S/C26H34N4O6S/c1-4-24(26(32)27-21-8-5-6-9-21)28(17-20-14-12-19(2)13-15-20)25(31)18-29(37(3,35)36)22-10-7-11-23(16-22)30(33)34/h7,10-16,21,24H,4-6,8-9,17-18H2,1-3H3,(H,27,32)/t24-/m1/s1. The van der Waals surface area contributed by atoms with Crippen molar-refractivity contribution >= 4 is 33.2 Å². The van der Waals surface area contributed by atoms with Crippen LogP contribution in [0.5, 0.6) is 0 Å². The van der Waals surface area contributed by atoms with Gasteiger partial charge in [-0.15, -0.1) is 0 Å². The summed E-state index contributed by atoms with van der Waals surface area (Å²) in [4.78, 5) is 39.0. The van der Waals surface area contributed by atoms with Crippen molar-refractivity contribution in [2.24, 2.45) is 0 Å². The Hall–Kier alpha value is -3.47. The Balaban J connectivity index is 1.94. The molecule has 11 heteroatoms. The van der Waals surface area contributed by atoms with Crippen molar-refractivity contribution in [3.05, 3.63) is 69.8 Å². The number of carbonyl (C=O) groups excluding carboxylic acids is 2. The highest BCUT2D eigenvalue weighted by Crippen LogP contribution is 2.24. The van der Waals surface area contributed by atoms with Crippen LogP contribution in [0.15, 0.2) is 48.5 Å². The Morgan fingerprint density at radius 2 is 1.78 bits per heavy atom. The number of carbonyl (C=O) groups is 2. The average Bonchev–Trinajstić information content (AvgIpc) is 3.35. The number of benzene rings is 2. The summed E-state index contributed by atoms with van der Waals surface area (Å²) in [5.41, 5.74) is 1.55. The molecule has 1 fully saturated rings. The molecule has 0 aliphatic heterocycles. The topological polar surface area (TPSA) is 130 Å². The zero-order valence-corrected chi connectivity index (χ0v) is 22.2. The van der Waals surface area contributed by atoms with E-state index in [1.54, 1.807) is 0 Å². The summed E-state index contributed by atoms with van der Waals surface area (Å²) >= 11 is 0. The molecule has 1 atom stereocenters. The molecule has 2 aromatic carbocycles. The number of sulfonamides is 1. The van der Waals surface area contributed by atoms with Crippen LogP contribution in [0.4, 0.5) is 11.4 Å². The molecule has 1 aliphatic rings. The van der Waals surface area contributed by atoms with Gasteiger partial charge in [-0.3, -0.25) is 24.0 Å². The van der Waals surface area contributed by atoms with Crippen LogP contribution < -0.4 is 9.62 Å². The molecule has 1 N–H and O–H groups in total. The number of hydrogen-bond donors (Lipinski definition) is 1. The van der Waals surface area contributed by atoms with Gasteiger partial charge in [0.25, 0.3) is 5.69 Å². The lowest BCUT2D eigenvalue weighted by atomic mass is 10.1.